The van der Waals surface area contributed by atoms with E-state index in [4.69, 9.17) is 5.73 Å². The molecule has 1 aliphatic rings. The predicted octanol–water partition coefficient (Wildman–Crippen LogP) is 0.584. The van der Waals surface area contributed by atoms with Gasteiger partial charge in [-0.05, 0) is 18.6 Å². The van der Waals surface area contributed by atoms with Crippen LogP contribution in [0.2, 0.25) is 0 Å². The number of nitrogens with zero attached hydrogens (tertiary/aromatic N) is 1. The second kappa shape index (κ2) is 7.09. The lowest BCUT2D eigenvalue weighted by Gasteiger charge is -2.27. The molecule has 1 aliphatic heterocycles. The highest BCUT2D eigenvalue weighted by Crippen LogP contribution is 2.06. The van der Waals surface area contributed by atoms with E-state index in [1.54, 1.807) is 11.8 Å². The Bertz CT molecular complexity index is 195. The van der Waals surface area contributed by atoms with Crippen LogP contribution in [-0.2, 0) is 4.79 Å². The van der Waals surface area contributed by atoms with Crippen molar-refractivity contribution in [2.24, 2.45) is 5.73 Å². The maximum absolute atomic E-state index is 11.6. The van der Waals surface area contributed by atoms with Crippen LogP contribution >= 0.6 is 11.8 Å². The molecule has 1 amide bonds. The molecule has 0 radical (unpaired) electrons. The van der Waals surface area contributed by atoms with E-state index < -0.39 is 0 Å². The zero-order valence-electron chi connectivity index (χ0n) is 9.37. The summed E-state index contributed by atoms with van der Waals surface area (Å²) in [7, 11) is 0. The number of hydrazine groups is 1. The fourth-order valence-electron chi connectivity index (χ4n) is 1.56. The minimum atomic E-state index is -0.378. The van der Waals surface area contributed by atoms with Crippen molar-refractivity contribution < 1.29 is 4.79 Å². The van der Waals surface area contributed by atoms with Crippen molar-refractivity contribution >= 4 is 17.7 Å². The summed E-state index contributed by atoms with van der Waals surface area (Å²) < 4.78 is 0. The number of piperidine rings is 1. The van der Waals surface area contributed by atoms with E-state index in [0.29, 0.717) is 5.75 Å². The highest BCUT2D eigenvalue weighted by atomic mass is 32.2. The summed E-state index contributed by atoms with van der Waals surface area (Å²) in [5, 5.41) is 1.99. The van der Waals surface area contributed by atoms with Crippen LogP contribution in [0.4, 0.5) is 0 Å². The lowest BCUT2D eigenvalue weighted by molar-refractivity contribution is -0.127. The van der Waals surface area contributed by atoms with Crippen molar-refractivity contribution in [1.82, 2.24) is 10.4 Å². The first kappa shape index (κ1) is 12.8. The van der Waals surface area contributed by atoms with Gasteiger partial charge in [-0.25, -0.2) is 5.01 Å². The number of hydrogen-bond acceptors (Lipinski definition) is 4. The number of nitrogens with one attached hydrogen (secondary N) is 1. The number of nitrogens with two attached hydrogens (primary N) is 1. The Morgan fingerprint density at radius 2 is 2.13 bits per heavy atom. The van der Waals surface area contributed by atoms with Crippen molar-refractivity contribution in [2.75, 3.05) is 24.6 Å². The van der Waals surface area contributed by atoms with Gasteiger partial charge < -0.3 is 5.73 Å². The van der Waals surface area contributed by atoms with E-state index >= 15 is 0 Å². The summed E-state index contributed by atoms with van der Waals surface area (Å²) in [5.41, 5.74) is 8.64. The third-order valence-corrected chi connectivity index (χ3v) is 3.47. The largest absolute Gasteiger partial charge is 0.319 e. The average Bonchev–Trinajstić information content (AvgIpc) is 2.27. The minimum absolute atomic E-state index is 0.0437. The number of amides is 1. The molecule has 88 valence electrons. The van der Waals surface area contributed by atoms with Gasteiger partial charge in [-0.2, -0.15) is 11.8 Å². The lowest BCUT2D eigenvalue weighted by Crippen LogP contribution is -2.51. The highest BCUT2D eigenvalue weighted by molar-refractivity contribution is 7.99. The number of thioether (sulfide) groups is 1. The zero-order valence-corrected chi connectivity index (χ0v) is 10.2. The molecule has 0 aromatic carbocycles. The Kier molecular flexibility index (Phi) is 6.05. The topological polar surface area (TPSA) is 58.4 Å². The molecule has 1 atom stereocenters. The normalized spacial score (nSPS) is 19.9. The van der Waals surface area contributed by atoms with Crippen LogP contribution in [0, 0.1) is 0 Å². The van der Waals surface area contributed by atoms with E-state index in [-0.39, 0.29) is 11.9 Å². The van der Waals surface area contributed by atoms with Gasteiger partial charge >= 0.3 is 0 Å². The first-order valence-corrected chi connectivity index (χ1v) is 6.78. The van der Waals surface area contributed by atoms with Gasteiger partial charge in [-0.15, -0.1) is 0 Å². The number of carbonyl (C=O) groups is 1. The molecule has 1 saturated heterocycles. The smallest absolute Gasteiger partial charge is 0.252 e. The summed E-state index contributed by atoms with van der Waals surface area (Å²) in [6.45, 7) is 3.98. The molecule has 4 nitrogen and oxygen atoms in total. The monoisotopic (exact) mass is 231 g/mol. The van der Waals surface area contributed by atoms with E-state index in [0.717, 1.165) is 18.8 Å². The average molecular weight is 231 g/mol. The molecule has 0 aliphatic carbocycles. The molecule has 15 heavy (non-hydrogen) atoms. The first-order chi connectivity index (χ1) is 7.24. The Labute approximate surface area is 95.9 Å². The molecule has 1 fully saturated rings. The fourth-order valence-corrected chi connectivity index (χ4v) is 2.21. The summed E-state index contributed by atoms with van der Waals surface area (Å²) in [6.07, 6.45) is 3.60. The Balaban J connectivity index is 2.20. The highest BCUT2D eigenvalue weighted by Gasteiger charge is 2.17. The molecule has 3 N–H and O–H groups in total. The molecule has 0 bridgehead atoms. The summed E-state index contributed by atoms with van der Waals surface area (Å²) in [6, 6.07) is -0.378. The maximum atomic E-state index is 11.6. The van der Waals surface area contributed by atoms with Crippen LogP contribution in [0.25, 0.3) is 0 Å². The van der Waals surface area contributed by atoms with Gasteiger partial charge in [0.2, 0.25) is 0 Å². The SMILES string of the molecule is CCSC[C@H](N)C(=O)NN1CCCCC1. The van der Waals surface area contributed by atoms with Crippen LogP contribution in [-0.4, -0.2) is 41.6 Å². The second-order valence-corrected chi connectivity index (χ2v) is 5.11. The Hall–Kier alpha value is -0.260. The van der Waals surface area contributed by atoms with Crippen molar-refractivity contribution in [3.63, 3.8) is 0 Å². The van der Waals surface area contributed by atoms with Gasteiger partial charge in [0.15, 0.2) is 0 Å². The van der Waals surface area contributed by atoms with E-state index in [1.165, 1.54) is 19.3 Å². The maximum Gasteiger partial charge on any atom is 0.252 e. The summed E-state index contributed by atoms with van der Waals surface area (Å²) >= 11 is 1.70. The first-order valence-electron chi connectivity index (χ1n) is 5.62. The van der Waals surface area contributed by atoms with E-state index in [9.17, 15) is 4.79 Å². The molecule has 5 heteroatoms. The molecule has 0 aromatic rings. The molecule has 0 aromatic heterocycles. The van der Waals surface area contributed by atoms with Gasteiger partial charge in [0, 0.05) is 18.8 Å². The fraction of sp³-hybridized carbons (Fsp3) is 0.900. The molecule has 1 rings (SSSR count). The van der Waals surface area contributed by atoms with E-state index in [2.05, 4.69) is 12.3 Å². The molecule has 0 unspecified atom stereocenters. The summed E-state index contributed by atoms with van der Waals surface area (Å²) in [5.74, 6) is 1.67. The third-order valence-electron chi connectivity index (χ3n) is 2.46. The number of rotatable bonds is 5. The molecule has 0 spiro atoms. The Morgan fingerprint density at radius 3 is 2.73 bits per heavy atom. The van der Waals surface area contributed by atoms with Gasteiger partial charge in [0.25, 0.3) is 5.91 Å². The van der Waals surface area contributed by atoms with Crippen LogP contribution in [0.1, 0.15) is 26.2 Å². The van der Waals surface area contributed by atoms with Gasteiger partial charge in [0.05, 0.1) is 6.04 Å². The quantitative estimate of drug-likeness (QED) is 0.727. The van der Waals surface area contributed by atoms with Crippen LogP contribution in [0.3, 0.4) is 0 Å². The van der Waals surface area contributed by atoms with Gasteiger partial charge in [-0.3, -0.25) is 10.2 Å². The van der Waals surface area contributed by atoms with Gasteiger partial charge in [0.1, 0.15) is 0 Å². The number of hydrogen-bond donors (Lipinski definition) is 2. The predicted molar refractivity (Wildman–Crippen MR) is 64.5 cm³/mol. The summed E-state index contributed by atoms with van der Waals surface area (Å²) in [4.78, 5) is 11.6. The van der Waals surface area contributed by atoms with Crippen molar-refractivity contribution in [1.29, 1.82) is 0 Å². The molecule has 1 heterocycles. The van der Waals surface area contributed by atoms with Crippen LogP contribution < -0.4 is 11.2 Å². The molecular weight excluding hydrogens is 210 g/mol. The minimum Gasteiger partial charge on any atom is -0.319 e. The third kappa shape index (κ3) is 4.86. The Morgan fingerprint density at radius 1 is 1.47 bits per heavy atom. The molecular formula is C10H21N3OS. The van der Waals surface area contributed by atoms with Gasteiger partial charge in [-0.1, -0.05) is 13.3 Å². The van der Waals surface area contributed by atoms with Crippen LogP contribution in [0.15, 0.2) is 0 Å². The second-order valence-electron chi connectivity index (χ2n) is 3.79. The standard InChI is InChI=1S/C10H21N3OS/c1-2-15-8-9(11)10(14)12-13-6-4-3-5-7-13/h9H,2-8,11H2,1H3,(H,12,14)/t9-/m0/s1. The number of carbonyl (C=O) groups excluding carboxylic acids is 1. The van der Waals surface area contributed by atoms with E-state index in [1.807, 2.05) is 5.01 Å². The van der Waals surface area contributed by atoms with Crippen molar-refractivity contribution in [2.45, 2.75) is 32.2 Å². The van der Waals surface area contributed by atoms with Crippen molar-refractivity contribution in [3.8, 4) is 0 Å². The lowest BCUT2D eigenvalue weighted by atomic mass is 10.2. The molecule has 0 saturated carbocycles. The van der Waals surface area contributed by atoms with Crippen LogP contribution in [0.5, 0.6) is 0 Å². The van der Waals surface area contributed by atoms with Crippen molar-refractivity contribution in [3.05, 3.63) is 0 Å². The zero-order chi connectivity index (χ0) is 11.1.